The average Bonchev–Trinajstić information content (AvgIpc) is 3.76. The summed E-state index contributed by atoms with van der Waals surface area (Å²) in [5, 5.41) is 11.7. The van der Waals surface area contributed by atoms with E-state index in [1.165, 1.54) is 24.3 Å². The number of phenolic OH excluding ortho intramolecular Hbond substituents is 1. The van der Waals surface area contributed by atoms with Gasteiger partial charge in [-0.1, -0.05) is 12.0 Å². The number of terminal acetylenes is 1. The first kappa shape index (κ1) is 27.6. The fraction of sp³-hybridized carbons (Fsp3) is 0.424. The fourth-order valence-corrected chi connectivity index (χ4v) is 6.30. The zero-order valence-electron chi connectivity index (χ0n) is 24.3. The van der Waals surface area contributed by atoms with E-state index >= 15 is 0 Å². The van der Waals surface area contributed by atoms with Crippen LogP contribution in [-0.4, -0.2) is 72.0 Å². The van der Waals surface area contributed by atoms with Crippen LogP contribution in [0, 0.1) is 30.5 Å². The van der Waals surface area contributed by atoms with Crippen LogP contribution in [0.1, 0.15) is 37.3 Å². The van der Waals surface area contributed by atoms with E-state index in [9.17, 15) is 14.3 Å². The van der Waals surface area contributed by atoms with Crippen molar-refractivity contribution in [1.29, 1.82) is 0 Å². The van der Waals surface area contributed by atoms with Crippen molar-refractivity contribution < 1.29 is 23.4 Å². The highest BCUT2D eigenvalue weighted by atomic mass is 19.1. The summed E-state index contributed by atoms with van der Waals surface area (Å²) in [6.07, 6.45) is 8.82. The molecule has 0 amide bonds. The van der Waals surface area contributed by atoms with Gasteiger partial charge in [-0.3, -0.25) is 4.90 Å². The van der Waals surface area contributed by atoms with E-state index in [1.807, 2.05) is 0 Å². The number of ether oxygens (including phenoxy) is 2. The molecule has 10 heteroatoms. The topological polar surface area (TPSA) is 101 Å². The largest absolute Gasteiger partial charge is 0.508 e. The SMILES string of the molecule is C#Cc1c(F)ccc2cc(O)cc(-c3oc(=O)c4c(N5CCC5C)nc(OCC5(CN6CCOCC6)CC5)nc4c3C)c12. The molecule has 0 bridgehead atoms. The molecule has 7 rings (SSSR count). The normalized spacial score (nSPS) is 19.8. The minimum Gasteiger partial charge on any atom is -0.508 e. The maximum absolute atomic E-state index is 14.8. The monoisotopic (exact) mass is 584 g/mol. The highest BCUT2D eigenvalue weighted by Gasteiger charge is 2.45. The lowest BCUT2D eigenvalue weighted by atomic mass is 9.95. The number of hydrogen-bond acceptors (Lipinski definition) is 9. The maximum atomic E-state index is 14.8. The van der Waals surface area contributed by atoms with Gasteiger partial charge in [-0.2, -0.15) is 9.97 Å². The molecule has 1 unspecified atom stereocenters. The second-order valence-corrected chi connectivity index (χ2v) is 12.1. The zero-order valence-corrected chi connectivity index (χ0v) is 24.3. The molecular weight excluding hydrogens is 551 g/mol. The molecule has 2 aromatic carbocycles. The molecule has 1 N–H and O–H groups in total. The van der Waals surface area contributed by atoms with Gasteiger partial charge in [-0.25, -0.2) is 9.18 Å². The summed E-state index contributed by atoms with van der Waals surface area (Å²) >= 11 is 0. The molecule has 2 aliphatic heterocycles. The number of morpholine rings is 1. The molecule has 2 aromatic heterocycles. The second-order valence-electron chi connectivity index (χ2n) is 12.1. The Labute approximate surface area is 248 Å². The van der Waals surface area contributed by atoms with Gasteiger partial charge in [0.2, 0.25) is 0 Å². The van der Waals surface area contributed by atoms with Gasteiger partial charge in [0.15, 0.2) is 5.82 Å². The van der Waals surface area contributed by atoms with Crippen molar-refractivity contribution in [2.45, 2.75) is 39.2 Å². The van der Waals surface area contributed by atoms with Crippen LogP contribution < -0.4 is 15.3 Å². The van der Waals surface area contributed by atoms with E-state index in [0.29, 0.717) is 39.8 Å². The van der Waals surface area contributed by atoms with E-state index in [1.54, 1.807) is 6.92 Å². The van der Waals surface area contributed by atoms with Crippen molar-refractivity contribution in [3.8, 4) is 35.4 Å². The van der Waals surface area contributed by atoms with Gasteiger partial charge in [-0.15, -0.1) is 6.42 Å². The van der Waals surface area contributed by atoms with Crippen molar-refractivity contribution in [3.63, 3.8) is 0 Å². The Hall–Kier alpha value is -4.20. The first-order valence-corrected chi connectivity index (χ1v) is 14.7. The smallest absolute Gasteiger partial charge is 0.349 e. The van der Waals surface area contributed by atoms with Crippen LogP contribution in [0.3, 0.4) is 0 Å². The van der Waals surface area contributed by atoms with Crippen molar-refractivity contribution in [2.75, 3.05) is 50.9 Å². The number of rotatable bonds is 7. The molecule has 222 valence electrons. The van der Waals surface area contributed by atoms with Gasteiger partial charge in [0.1, 0.15) is 22.7 Å². The molecule has 4 aromatic rings. The van der Waals surface area contributed by atoms with Crippen molar-refractivity contribution in [2.24, 2.45) is 5.41 Å². The Bertz CT molecular complexity index is 1860. The molecule has 4 heterocycles. The molecule has 3 fully saturated rings. The van der Waals surface area contributed by atoms with Crippen LogP contribution >= 0.6 is 0 Å². The lowest BCUT2D eigenvalue weighted by Crippen LogP contribution is -2.46. The van der Waals surface area contributed by atoms with E-state index < -0.39 is 11.4 Å². The Morgan fingerprint density at radius 3 is 2.65 bits per heavy atom. The summed E-state index contributed by atoms with van der Waals surface area (Å²) in [6.45, 7) is 9.34. The van der Waals surface area contributed by atoms with Gasteiger partial charge in [0.25, 0.3) is 0 Å². The maximum Gasteiger partial charge on any atom is 0.349 e. The van der Waals surface area contributed by atoms with Crippen LogP contribution in [0.5, 0.6) is 11.8 Å². The Morgan fingerprint density at radius 2 is 1.98 bits per heavy atom. The van der Waals surface area contributed by atoms with Gasteiger partial charge >= 0.3 is 11.6 Å². The lowest BCUT2D eigenvalue weighted by molar-refractivity contribution is 0.0231. The van der Waals surface area contributed by atoms with E-state index in [-0.39, 0.29) is 39.9 Å². The minimum atomic E-state index is -0.627. The number of anilines is 1. The standard InChI is InChI=1S/C33H33FN4O5/c1-4-23-25(34)6-5-21-15-22(39)16-24(26(21)23)29-20(3)28-27(31(40)43-29)30(38-10-7-19(38)2)36-32(35-28)42-18-33(8-9-33)17-37-11-13-41-14-12-37/h1,5-6,15-16,19,39H,7-14,17-18H2,2-3H3. The molecule has 43 heavy (non-hydrogen) atoms. The van der Waals surface area contributed by atoms with Crippen molar-refractivity contribution >= 4 is 27.5 Å². The Balaban J connectivity index is 1.35. The predicted molar refractivity (Wildman–Crippen MR) is 161 cm³/mol. The summed E-state index contributed by atoms with van der Waals surface area (Å²) in [6, 6.07) is 6.11. The fourth-order valence-electron chi connectivity index (χ4n) is 6.30. The van der Waals surface area contributed by atoms with Crippen LogP contribution in [0.2, 0.25) is 0 Å². The van der Waals surface area contributed by atoms with Crippen LogP contribution in [-0.2, 0) is 4.74 Å². The molecule has 0 spiro atoms. The van der Waals surface area contributed by atoms with Crippen molar-refractivity contribution in [1.82, 2.24) is 14.9 Å². The number of halogens is 1. The number of hydrogen-bond donors (Lipinski definition) is 1. The average molecular weight is 585 g/mol. The third-order valence-corrected chi connectivity index (χ3v) is 9.12. The molecule has 1 saturated carbocycles. The number of benzene rings is 2. The minimum absolute atomic E-state index is 0.0199. The number of aromatic nitrogens is 2. The quantitative estimate of drug-likeness (QED) is 0.312. The zero-order chi connectivity index (χ0) is 29.9. The summed E-state index contributed by atoms with van der Waals surface area (Å²) < 4.78 is 32.6. The molecule has 3 aliphatic rings. The van der Waals surface area contributed by atoms with Gasteiger partial charge in [0, 0.05) is 54.1 Å². The predicted octanol–water partition coefficient (Wildman–Crippen LogP) is 4.63. The Morgan fingerprint density at radius 1 is 1.19 bits per heavy atom. The van der Waals surface area contributed by atoms with Gasteiger partial charge in [-0.05, 0) is 56.7 Å². The number of aryl methyl sites for hydroxylation is 1. The molecule has 1 aliphatic carbocycles. The molecular formula is C33H33FN4O5. The van der Waals surface area contributed by atoms with Crippen LogP contribution in [0.25, 0.3) is 33.0 Å². The van der Waals surface area contributed by atoms with Crippen molar-refractivity contribution in [3.05, 3.63) is 51.6 Å². The number of phenols is 1. The summed E-state index contributed by atoms with van der Waals surface area (Å²) in [5.41, 5.74) is 0.667. The third kappa shape index (κ3) is 4.86. The van der Waals surface area contributed by atoms with Gasteiger partial charge in [0.05, 0.1) is 30.9 Å². The summed E-state index contributed by atoms with van der Waals surface area (Å²) in [5.74, 6) is 2.40. The number of nitrogens with zero attached hydrogens (tertiary/aromatic N) is 4. The molecule has 9 nitrogen and oxygen atoms in total. The summed E-state index contributed by atoms with van der Waals surface area (Å²) in [7, 11) is 0. The Kier molecular flexibility index (Phi) is 6.75. The van der Waals surface area contributed by atoms with Gasteiger partial charge < -0.3 is 23.9 Å². The molecule has 1 atom stereocenters. The number of aromatic hydroxyl groups is 1. The highest BCUT2D eigenvalue weighted by Crippen LogP contribution is 2.47. The number of fused-ring (bicyclic) bond motifs is 2. The summed E-state index contributed by atoms with van der Waals surface area (Å²) in [4.78, 5) is 27.7. The third-order valence-electron chi connectivity index (χ3n) is 9.12. The van der Waals surface area contributed by atoms with E-state index in [4.69, 9.17) is 30.3 Å². The van der Waals surface area contributed by atoms with Crippen LogP contribution in [0.4, 0.5) is 10.2 Å². The molecule has 2 saturated heterocycles. The van der Waals surface area contributed by atoms with Crippen LogP contribution in [0.15, 0.2) is 33.5 Å². The molecule has 0 radical (unpaired) electrons. The van der Waals surface area contributed by atoms with E-state index in [0.717, 1.165) is 58.7 Å². The second kappa shape index (κ2) is 10.5. The first-order chi connectivity index (χ1) is 20.8. The highest BCUT2D eigenvalue weighted by molar-refractivity contribution is 6.03. The van der Waals surface area contributed by atoms with E-state index in [2.05, 4.69) is 22.6 Å². The lowest BCUT2D eigenvalue weighted by Gasteiger charge is -2.40. The first-order valence-electron chi connectivity index (χ1n) is 14.7.